The van der Waals surface area contributed by atoms with Crippen molar-refractivity contribution in [1.82, 2.24) is 10.2 Å². The lowest BCUT2D eigenvalue weighted by Gasteiger charge is -2.24. The van der Waals surface area contributed by atoms with Crippen LogP contribution >= 0.6 is 11.3 Å². The highest BCUT2D eigenvalue weighted by atomic mass is 32.1. The minimum Gasteiger partial charge on any atom is -0.344 e. The minimum atomic E-state index is -0.696. The number of hydrogen-bond acceptors (Lipinski definition) is 4. The van der Waals surface area contributed by atoms with E-state index >= 15 is 0 Å². The molecule has 1 heterocycles. The fourth-order valence-corrected chi connectivity index (χ4v) is 3.37. The summed E-state index contributed by atoms with van der Waals surface area (Å²) in [5, 5.41) is 10.4. The van der Waals surface area contributed by atoms with E-state index in [0.717, 1.165) is 23.0 Å². The smallest absolute Gasteiger partial charge is 0.208 e. The molecule has 0 bridgehead atoms. The van der Waals surface area contributed by atoms with Gasteiger partial charge in [0.2, 0.25) is 5.13 Å². The number of anilines is 1. The van der Waals surface area contributed by atoms with E-state index in [1.807, 2.05) is 11.9 Å². The van der Waals surface area contributed by atoms with Crippen molar-refractivity contribution in [2.45, 2.75) is 50.2 Å². The van der Waals surface area contributed by atoms with E-state index in [1.54, 1.807) is 11.3 Å². The van der Waals surface area contributed by atoms with E-state index in [0.29, 0.717) is 12.3 Å². The summed E-state index contributed by atoms with van der Waals surface area (Å²) in [6, 6.07) is 0.0139. The van der Waals surface area contributed by atoms with Crippen molar-refractivity contribution in [1.29, 1.82) is 0 Å². The first kappa shape index (κ1) is 10.4. The van der Waals surface area contributed by atoms with Gasteiger partial charge in [0.25, 0.3) is 0 Å². The van der Waals surface area contributed by atoms with E-state index in [2.05, 4.69) is 10.2 Å². The SMILES string of the molecule is CN(c1nnc(C2CC2)s1)[C@@H]1CCC[C@H]1F. The van der Waals surface area contributed by atoms with Crippen LogP contribution in [0.25, 0.3) is 0 Å². The molecule has 1 aromatic rings. The Morgan fingerprint density at radius 2 is 2.06 bits per heavy atom. The third-order valence-electron chi connectivity index (χ3n) is 3.55. The molecule has 16 heavy (non-hydrogen) atoms. The lowest BCUT2D eigenvalue weighted by atomic mass is 10.2. The topological polar surface area (TPSA) is 29.0 Å². The third kappa shape index (κ3) is 1.81. The average Bonchev–Trinajstić information content (AvgIpc) is 2.86. The zero-order valence-corrected chi connectivity index (χ0v) is 10.2. The van der Waals surface area contributed by atoms with Gasteiger partial charge in [-0.15, -0.1) is 10.2 Å². The van der Waals surface area contributed by atoms with Gasteiger partial charge in [0.05, 0.1) is 6.04 Å². The number of hydrogen-bond donors (Lipinski definition) is 0. The summed E-state index contributed by atoms with van der Waals surface area (Å²) < 4.78 is 13.6. The molecule has 2 aliphatic rings. The molecule has 0 aromatic carbocycles. The van der Waals surface area contributed by atoms with Gasteiger partial charge in [0, 0.05) is 13.0 Å². The average molecular weight is 241 g/mol. The van der Waals surface area contributed by atoms with Gasteiger partial charge in [-0.05, 0) is 32.1 Å². The molecule has 0 saturated heterocycles. The summed E-state index contributed by atoms with van der Waals surface area (Å²) in [5.41, 5.74) is 0. The van der Waals surface area contributed by atoms with E-state index < -0.39 is 6.17 Å². The summed E-state index contributed by atoms with van der Waals surface area (Å²) in [5.74, 6) is 0.643. The van der Waals surface area contributed by atoms with E-state index in [4.69, 9.17) is 0 Å². The van der Waals surface area contributed by atoms with Crippen LogP contribution in [0.5, 0.6) is 0 Å². The normalized spacial score (nSPS) is 29.6. The first-order valence-corrected chi connectivity index (χ1v) is 6.77. The van der Waals surface area contributed by atoms with E-state index in [9.17, 15) is 4.39 Å². The third-order valence-corrected chi connectivity index (χ3v) is 4.73. The molecule has 88 valence electrons. The van der Waals surface area contributed by atoms with Crippen LogP contribution in [-0.4, -0.2) is 29.5 Å². The molecule has 5 heteroatoms. The minimum absolute atomic E-state index is 0.0139. The van der Waals surface area contributed by atoms with Gasteiger partial charge < -0.3 is 4.90 Å². The van der Waals surface area contributed by atoms with Gasteiger partial charge in [-0.1, -0.05) is 11.3 Å². The summed E-state index contributed by atoms with van der Waals surface area (Å²) in [6.45, 7) is 0. The Labute approximate surface area is 98.7 Å². The van der Waals surface area contributed by atoms with Crippen LogP contribution in [0.15, 0.2) is 0 Å². The fraction of sp³-hybridized carbons (Fsp3) is 0.818. The summed E-state index contributed by atoms with van der Waals surface area (Å²) in [4.78, 5) is 1.99. The summed E-state index contributed by atoms with van der Waals surface area (Å²) in [6.07, 6.45) is 4.42. The molecule has 0 amide bonds. The van der Waals surface area contributed by atoms with Gasteiger partial charge in [-0.2, -0.15) is 0 Å². The first-order valence-electron chi connectivity index (χ1n) is 5.96. The number of halogens is 1. The van der Waals surface area contributed by atoms with Crippen molar-refractivity contribution in [3.05, 3.63) is 5.01 Å². The van der Waals surface area contributed by atoms with Crippen molar-refractivity contribution in [3.8, 4) is 0 Å². The predicted molar refractivity (Wildman–Crippen MR) is 62.8 cm³/mol. The number of nitrogens with zero attached hydrogens (tertiary/aromatic N) is 3. The van der Waals surface area contributed by atoms with Crippen molar-refractivity contribution < 1.29 is 4.39 Å². The second-order valence-corrected chi connectivity index (χ2v) is 5.81. The van der Waals surface area contributed by atoms with Gasteiger partial charge in [0.15, 0.2) is 0 Å². The molecule has 2 atom stereocenters. The van der Waals surface area contributed by atoms with Gasteiger partial charge in [0.1, 0.15) is 11.2 Å². The lowest BCUT2D eigenvalue weighted by molar-refractivity contribution is 0.307. The zero-order valence-electron chi connectivity index (χ0n) is 9.40. The van der Waals surface area contributed by atoms with Crippen LogP contribution in [0.2, 0.25) is 0 Å². The molecule has 0 spiro atoms. The van der Waals surface area contributed by atoms with Crippen molar-refractivity contribution >= 4 is 16.5 Å². The zero-order chi connectivity index (χ0) is 11.1. The Kier molecular flexibility index (Phi) is 2.58. The Morgan fingerprint density at radius 1 is 1.25 bits per heavy atom. The molecular formula is C11H16FN3S. The second-order valence-electron chi connectivity index (χ2n) is 4.82. The Bertz CT molecular complexity index is 377. The van der Waals surface area contributed by atoms with Crippen molar-refractivity contribution in [2.24, 2.45) is 0 Å². The molecule has 0 aliphatic heterocycles. The predicted octanol–water partition coefficient (Wildman–Crippen LogP) is 2.74. The molecule has 2 saturated carbocycles. The van der Waals surface area contributed by atoms with Gasteiger partial charge in [-0.25, -0.2) is 4.39 Å². The molecule has 1 aromatic heterocycles. The monoisotopic (exact) mass is 241 g/mol. The highest BCUT2D eigenvalue weighted by Crippen LogP contribution is 2.43. The Morgan fingerprint density at radius 3 is 2.69 bits per heavy atom. The maximum atomic E-state index is 13.6. The summed E-state index contributed by atoms with van der Waals surface area (Å²) in [7, 11) is 1.94. The van der Waals surface area contributed by atoms with Crippen LogP contribution in [0, 0.1) is 0 Å². The van der Waals surface area contributed by atoms with Crippen LogP contribution in [0.1, 0.15) is 43.0 Å². The summed E-state index contributed by atoms with van der Waals surface area (Å²) >= 11 is 1.64. The largest absolute Gasteiger partial charge is 0.344 e. The van der Waals surface area contributed by atoms with Crippen LogP contribution in [0.3, 0.4) is 0 Å². The molecular weight excluding hydrogens is 225 g/mol. The van der Waals surface area contributed by atoms with E-state index in [1.165, 1.54) is 12.8 Å². The maximum absolute atomic E-state index is 13.6. The van der Waals surface area contributed by atoms with E-state index in [-0.39, 0.29) is 6.04 Å². The maximum Gasteiger partial charge on any atom is 0.208 e. The molecule has 0 N–H and O–H groups in total. The standard InChI is InChI=1S/C11H16FN3S/c1-15(9-4-2-3-8(9)12)11-14-13-10(16-11)7-5-6-7/h7-9H,2-6H2,1H3/t8-,9-/m1/s1. The van der Waals surface area contributed by atoms with Crippen molar-refractivity contribution in [3.63, 3.8) is 0 Å². The lowest BCUT2D eigenvalue weighted by Crippen LogP contribution is -2.35. The molecule has 2 fully saturated rings. The highest BCUT2D eigenvalue weighted by molar-refractivity contribution is 7.15. The Balaban J connectivity index is 1.74. The molecule has 0 radical (unpaired) electrons. The number of rotatable bonds is 3. The molecule has 2 aliphatic carbocycles. The van der Waals surface area contributed by atoms with Crippen molar-refractivity contribution in [2.75, 3.05) is 11.9 Å². The van der Waals surface area contributed by atoms with Gasteiger partial charge >= 0.3 is 0 Å². The fourth-order valence-electron chi connectivity index (χ4n) is 2.34. The molecule has 3 rings (SSSR count). The quantitative estimate of drug-likeness (QED) is 0.814. The van der Waals surface area contributed by atoms with Crippen LogP contribution < -0.4 is 4.90 Å². The Hall–Kier alpha value is -0.710. The number of alkyl halides is 1. The number of aromatic nitrogens is 2. The first-order chi connectivity index (χ1) is 7.75. The highest BCUT2D eigenvalue weighted by Gasteiger charge is 2.33. The molecule has 0 unspecified atom stereocenters. The second kappa shape index (κ2) is 3.95. The van der Waals surface area contributed by atoms with Gasteiger partial charge in [-0.3, -0.25) is 0 Å². The molecule has 3 nitrogen and oxygen atoms in total. The van der Waals surface area contributed by atoms with Crippen LogP contribution in [-0.2, 0) is 0 Å². The van der Waals surface area contributed by atoms with Crippen LogP contribution in [0.4, 0.5) is 9.52 Å².